The molecule has 0 spiro atoms. The van der Waals surface area contributed by atoms with Crippen LogP contribution in [0, 0.1) is 0 Å². The molecular formula is C18H23N5O2S. The molecule has 8 heteroatoms. The van der Waals surface area contributed by atoms with Crippen LogP contribution in [-0.4, -0.2) is 62.8 Å². The van der Waals surface area contributed by atoms with Gasteiger partial charge in [0.05, 0.1) is 28.1 Å². The summed E-state index contributed by atoms with van der Waals surface area (Å²) in [7, 11) is 3.84. The second-order valence-electron chi connectivity index (χ2n) is 7.02. The molecule has 0 fully saturated rings. The van der Waals surface area contributed by atoms with E-state index in [9.17, 15) is 9.90 Å². The molecule has 1 atom stereocenters. The van der Waals surface area contributed by atoms with Crippen LogP contribution < -0.4 is 0 Å². The predicted octanol–water partition coefficient (Wildman–Crippen LogP) is 2.07. The average molecular weight is 373 g/mol. The van der Waals surface area contributed by atoms with Gasteiger partial charge in [-0.3, -0.25) is 9.48 Å². The number of fused-ring (bicyclic) bond motifs is 2. The lowest BCUT2D eigenvalue weighted by molar-refractivity contribution is 0.0741. The van der Waals surface area contributed by atoms with E-state index in [1.54, 1.807) is 11.3 Å². The Morgan fingerprint density at radius 2 is 2.27 bits per heavy atom. The van der Waals surface area contributed by atoms with Crippen molar-refractivity contribution in [1.29, 1.82) is 0 Å². The Hall–Kier alpha value is -2.16. The third-order valence-corrected chi connectivity index (χ3v) is 5.53. The molecule has 0 saturated heterocycles. The summed E-state index contributed by atoms with van der Waals surface area (Å²) in [6.07, 6.45) is 0.224. The Morgan fingerprint density at radius 3 is 3.04 bits per heavy atom. The van der Waals surface area contributed by atoms with Crippen LogP contribution in [0.1, 0.15) is 34.4 Å². The van der Waals surface area contributed by atoms with Crippen molar-refractivity contribution in [2.24, 2.45) is 0 Å². The number of amides is 1. The smallest absolute Gasteiger partial charge is 0.270 e. The molecule has 26 heavy (non-hydrogen) atoms. The number of aryl methyl sites for hydroxylation is 1. The Labute approximate surface area is 155 Å². The highest BCUT2D eigenvalue weighted by Crippen LogP contribution is 2.24. The van der Waals surface area contributed by atoms with E-state index in [4.69, 9.17) is 0 Å². The molecule has 1 amide bonds. The summed E-state index contributed by atoms with van der Waals surface area (Å²) in [6.45, 7) is 2.49. The summed E-state index contributed by atoms with van der Waals surface area (Å²) < 4.78 is 3.02. The van der Waals surface area contributed by atoms with E-state index < -0.39 is 6.10 Å². The van der Waals surface area contributed by atoms with Crippen molar-refractivity contribution < 1.29 is 9.90 Å². The number of nitrogens with one attached hydrogen (secondary N) is 1. The van der Waals surface area contributed by atoms with E-state index in [2.05, 4.69) is 10.1 Å². The third kappa shape index (κ3) is 3.27. The minimum atomic E-state index is -0.622. The predicted molar refractivity (Wildman–Crippen MR) is 101 cm³/mol. The Balaban J connectivity index is 1.54. The molecule has 4 rings (SSSR count). The number of aromatic amines is 1. The molecule has 0 aromatic carbocycles. The Kier molecular flexibility index (Phi) is 4.56. The summed E-state index contributed by atoms with van der Waals surface area (Å²) in [5, 5.41) is 16.9. The highest BCUT2D eigenvalue weighted by atomic mass is 32.1. The molecule has 0 bridgehead atoms. The number of thiophene rings is 1. The molecule has 7 nitrogen and oxygen atoms in total. The molecule has 1 aliphatic heterocycles. The number of hydrogen-bond donors (Lipinski definition) is 2. The van der Waals surface area contributed by atoms with Gasteiger partial charge in [0, 0.05) is 19.6 Å². The second kappa shape index (κ2) is 6.86. The number of H-pyrrole nitrogens is 1. The maximum atomic E-state index is 12.9. The number of carbonyl (C=O) groups excluding carboxylic acids is 1. The number of carbonyl (C=O) groups is 1. The molecule has 0 aliphatic carbocycles. The van der Waals surface area contributed by atoms with Crippen molar-refractivity contribution in [3.8, 4) is 0 Å². The molecule has 1 aliphatic rings. The summed E-state index contributed by atoms with van der Waals surface area (Å²) in [5.41, 5.74) is 3.28. The van der Waals surface area contributed by atoms with E-state index >= 15 is 0 Å². The quantitative estimate of drug-likeness (QED) is 0.734. The molecule has 3 aromatic rings. The number of aromatic nitrogens is 3. The number of likely N-dealkylation sites (N-methyl/N-ethyl adjacent to an activating group) is 1. The molecule has 0 saturated carbocycles. The zero-order chi connectivity index (χ0) is 18.3. The maximum absolute atomic E-state index is 12.9. The summed E-state index contributed by atoms with van der Waals surface area (Å²) >= 11 is 1.63. The largest absolute Gasteiger partial charge is 0.385 e. The van der Waals surface area contributed by atoms with Gasteiger partial charge in [0.1, 0.15) is 11.8 Å². The minimum absolute atomic E-state index is 0.0124. The molecule has 1 unspecified atom stereocenters. The fraction of sp³-hybridized carbons (Fsp3) is 0.444. The molecule has 2 N–H and O–H groups in total. The lowest BCUT2D eigenvalue weighted by Gasteiger charge is -2.19. The first-order chi connectivity index (χ1) is 12.5. The minimum Gasteiger partial charge on any atom is -0.385 e. The van der Waals surface area contributed by atoms with E-state index in [1.165, 1.54) is 0 Å². The normalized spacial score (nSPS) is 16.1. The first-order valence-electron chi connectivity index (χ1n) is 8.76. The monoisotopic (exact) mass is 373 g/mol. The SMILES string of the molecule is CN(C)CC(O)c1cc2n(n1)CCCN(C(=O)c1cc3sccc3[nH]1)C2. The molecule has 4 heterocycles. The maximum Gasteiger partial charge on any atom is 0.270 e. The van der Waals surface area contributed by atoms with Crippen LogP contribution in [0.2, 0.25) is 0 Å². The number of nitrogens with zero attached hydrogens (tertiary/aromatic N) is 4. The van der Waals surface area contributed by atoms with E-state index in [0.717, 1.165) is 28.9 Å². The van der Waals surface area contributed by atoms with Gasteiger partial charge in [-0.25, -0.2) is 0 Å². The Morgan fingerprint density at radius 1 is 1.42 bits per heavy atom. The molecule has 0 radical (unpaired) electrons. The van der Waals surface area contributed by atoms with Gasteiger partial charge in [0.15, 0.2) is 0 Å². The van der Waals surface area contributed by atoms with Gasteiger partial charge in [0.2, 0.25) is 0 Å². The number of aliphatic hydroxyl groups excluding tert-OH is 1. The highest BCUT2D eigenvalue weighted by Gasteiger charge is 2.24. The van der Waals surface area contributed by atoms with Gasteiger partial charge in [-0.15, -0.1) is 11.3 Å². The fourth-order valence-electron chi connectivity index (χ4n) is 3.39. The lowest BCUT2D eigenvalue weighted by atomic mass is 10.2. The average Bonchev–Trinajstić information content (AvgIpc) is 3.25. The van der Waals surface area contributed by atoms with Crippen LogP contribution >= 0.6 is 11.3 Å². The van der Waals surface area contributed by atoms with Crippen molar-refractivity contribution in [2.45, 2.75) is 25.6 Å². The van der Waals surface area contributed by atoms with Gasteiger partial charge in [-0.2, -0.15) is 5.10 Å². The van der Waals surface area contributed by atoms with Crippen LogP contribution in [0.25, 0.3) is 10.2 Å². The number of rotatable bonds is 4. The number of hydrogen-bond acceptors (Lipinski definition) is 5. The van der Waals surface area contributed by atoms with Crippen LogP contribution in [0.3, 0.4) is 0 Å². The topological polar surface area (TPSA) is 77.4 Å². The van der Waals surface area contributed by atoms with Crippen LogP contribution in [0.15, 0.2) is 23.6 Å². The van der Waals surface area contributed by atoms with Gasteiger partial charge >= 0.3 is 0 Å². The van der Waals surface area contributed by atoms with Crippen molar-refractivity contribution in [2.75, 3.05) is 27.2 Å². The highest BCUT2D eigenvalue weighted by molar-refractivity contribution is 7.17. The zero-order valence-electron chi connectivity index (χ0n) is 15.0. The van der Waals surface area contributed by atoms with E-state index in [0.29, 0.717) is 31.0 Å². The second-order valence-corrected chi connectivity index (χ2v) is 7.97. The van der Waals surface area contributed by atoms with Crippen LogP contribution in [0.5, 0.6) is 0 Å². The van der Waals surface area contributed by atoms with Crippen molar-refractivity contribution >= 4 is 27.5 Å². The fourth-order valence-corrected chi connectivity index (χ4v) is 4.18. The molecular weight excluding hydrogens is 350 g/mol. The van der Waals surface area contributed by atoms with Crippen molar-refractivity contribution in [3.63, 3.8) is 0 Å². The van der Waals surface area contributed by atoms with Gasteiger partial charge in [-0.05, 0) is 44.1 Å². The van der Waals surface area contributed by atoms with Gasteiger partial charge in [-0.1, -0.05) is 0 Å². The van der Waals surface area contributed by atoms with Crippen LogP contribution in [-0.2, 0) is 13.1 Å². The standard InChI is InChI=1S/C18H23N5O2S/c1-21(2)11-16(24)14-8-12-10-22(5-3-6-23(12)20-14)18(25)15-9-17-13(19-15)4-7-26-17/h4,7-9,16,19,24H,3,5-6,10-11H2,1-2H3. The zero-order valence-corrected chi connectivity index (χ0v) is 15.8. The van der Waals surface area contributed by atoms with E-state index in [-0.39, 0.29) is 5.91 Å². The summed E-state index contributed by atoms with van der Waals surface area (Å²) in [5.74, 6) is 0.0124. The summed E-state index contributed by atoms with van der Waals surface area (Å²) in [6, 6.07) is 5.84. The van der Waals surface area contributed by atoms with E-state index in [1.807, 2.05) is 52.2 Å². The van der Waals surface area contributed by atoms with Gasteiger partial charge in [0.25, 0.3) is 5.91 Å². The lowest BCUT2D eigenvalue weighted by Crippen LogP contribution is -2.31. The van der Waals surface area contributed by atoms with Gasteiger partial charge < -0.3 is 19.9 Å². The Bertz CT molecular complexity index is 897. The molecule has 3 aromatic heterocycles. The molecule has 138 valence electrons. The van der Waals surface area contributed by atoms with Crippen LogP contribution in [0.4, 0.5) is 0 Å². The van der Waals surface area contributed by atoms with Crippen molar-refractivity contribution in [3.05, 3.63) is 40.7 Å². The third-order valence-electron chi connectivity index (χ3n) is 4.67. The van der Waals surface area contributed by atoms with Crippen molar-refractivity contribution in [1.82, 2.24) is 24.6 Å². The summed E-state index contributed by atoms with van der Waals surface area (Å²) in [4.78, 5) is 19.9. The first-order valence-corrected chi connectivity index (χ1v) is 9.64. The number of aliphatic hydroxyl groups is 1. The first kappa shape index (κ1) is 17.3.